The number of rotatable bonds is 7. The van der Waals surface area contributed by atoms with E-state index < -0.39 is 5.54 Å². The number of pyridine rings is 1. The molecule has 2 aromatic carbocycles. The zero-order valence-corrected chi connectivity index (χ0v) is 18.9. The molecule has 6 nitrogen and oxygen atoms in total. The number of amides is 1. The van der Waals surface area contributed by atoms with Crippen molar-refractivity contribution in [3.05, 3.63) is 65.4 Å². The molecule has 0 bridgehead atoms. The van der Waals surface area contributed by atoms with Gasteiger partial charge in [0.15, 0.2) is 0 Å². The molecule has 5 rings (SSSR count). The van der Waals surface area contributed by atoms with Crippen LogP contribution in [0.2, 0.25) is 0 Å². The number of fused-ring (bicyclic) bond motifs is 1. The molecule has 1 N–H and O–H groups in total. The molecule has 6 heteroatoms. The van der Waals surface area contributed by atoms with Gasteiger partial charge in [0, 0.05) is 29.3 Å². The number of ether oxygens (including phenoxy) is 2. The van der Waals surface area contributed by atoms with E-state index in [1.165, 1.54) is 0 Å². The summed E-state index contributed by atoms with van der Waals surface area (Å²) in [6.07, 6.45) is 4.71. The second-order valence-corrected chi connectivity index (χ2v) is 8.99. The maximum atomic E-state index is 13.4. The zero-order valence-electron chi connectivity index (χ0n) is 18.9. The molecule has 1 aromatic heterocycles. The lowest BCUT2D eigenvalue weighted by Crippen LogP contribution is -2.48. The lowest BCUT2D eigenvalue weighted by Gasteiger charge is -2.37. The number of aromatic nitrogens is 1. The van der Waals surface area contributed by atoms with Gasteiger partial charge in [0.1, 0.15) is 18.1 Å². The first-order valence-corrected chi connectivity index (χ1v) is 11.2. The van der Waals surface area contributed by atoms with Crippen LogP contribution in [-0.4, -0.2) is 49.1 Å². The fourth-order valence-electron chi connectivity index (χ4n) is 4.45. The second-order valence-electron chi connectivity index (χ2n) is 8.99. The molecule has 32 heavy (non-hydrogen) atoms. The Morgan fingerprint density at radius 3 is 2.75 bits per heavy atom. The zero-order chi connectivity index (χ0) is 22.3. The van der Waals surface area contributed by atoms with Crippen LogP contribution in [-0.2, 0) is 5.54 Å². The Morgan fingerprint density at radius 2 is 2.06 bits per heavy atom. The van der Waals surface area contributed by atoms with Crippen LogP contribution in [0.1, 0.15) is 40.7 Å². The van der Waals surface area contributed by atoms with Crippen LogP contribution in [0.4, 0.5) is 0 Å². The van der Waals surface area contributed by atoms with Crippen molar-refractivity contribution in [3.8, 4) is 11.5 Å². The third-order valence-corrected chi connectivity index (χ3v) is 6.88. The molecular weight excluding hydrogens is 402 g/mol. The quantitative estimate of drug-likeness (QED) is 0.611. The molecule has 1 saturated heterocycles. The monoisotopic (exact) mass is 431 g/mol. The van der Waals surface area contributed by atoms with Gasteiger partial charge in [0.25, 0.3) is 5.91 Å². The minimum Gasteiger partial charge on any atom is -0.497 e. The lowest BCUT2D eigenvalue weighted by atomic mass is 9.97. The van der Waals surface area contributed by atoms with E-state index in [0.717, 1.165) is 59.3 Å². The third kappa shape index (κ3) is 3.79. The van der Waals surface area contributed by atoms with Crippen LogP contribution in [0.5, 0.6) is 11.5 Å². The van der Waals surface area contributed by atoms with Crippen LogP contribution in [0.15, 0.2) is 48.7 Å². The molecule has 1 amide bonds. The molecule has 0 radical (unpaired) electrons. The van der Waals surface area contributed by atoms with Gasteiger partial charge in [-0.15, -0.1) is 0 Å². The highest BCUT2D eigenvalue weighted by atomic mass is 16.5. The number of nitrogens with zero attached hydrogens (tertiary/aromatic N) is 2. The number of hydrogen-bond donors (Lipinski definition) is 1. The summed E-state index contributed by atoms with van der Waals surface area (Å²) in [6, 6.07) is 14.2. The van der Waals surface area contributed by atoms with Crippen molar-refractivity contribution < 1.29 is 14.3 Å². The van der Waals surface area contributed by atoms with E-state index in [2.05, 4.69) is 28.3 Å². The van der Waals surface area contributed by atoms with Crippen molar-refractivity contribution in [2.24, 2.45) is 0 Å². The summed E-state index contributed by atoms with van der Waals surface area (Å²) >= 11 is 0. The number of benzene rings is 2. The van der Waals surface area contributed by atoms with Crippen molar-refractivity contribution in [2.45, 2.75) is 37.8 Å². The Kier molecular flexibility index (Phi) is 5.25. The van der Waals surface area contributed by atoms with Gasteiger partial charge in [0.2, 0.25) is 0 Å². The van der Waals surface area contributed by atoms with Crippen molar-refractivity contribution >= 4 is 16.8 Å². The fourth-order valence-corrected chi connectivity index (χ4v) is 4.45. The van der Waals surface area contributed by atoms with Crippen LogP contribution < -0.4 is 14.8 Å². The maximum absolute atomic E-state index is 13.4. The van der Waals surface area contributed by atoms with Gasteiger partial charge in [-0.05, 0) is 75.2 Å². The van der Waals surface area contributed by atoms with Crippen LogP contribution in [0, 0.1) is 6.92 Å². The molecule has 166 valence electrons. The first kappa shape index (κ1) is 20.8. The average Bonchev–Trinajstić information content (AvgIpc) is 3.58. The van der Waals surface area contributed by atoms with Crippen molar-refractivity contribution in [2.75, 3.05) is 27.3 Å². The molecule has 0 unspecified atom stereocenters. The number of carbonyl (C=O) groups excluding carboxylic acids is 1. The number of aryl methyl sites for hydroxylation is 1. The summed E-state index contributed by atoms with van der Waals surface area (Å²) < 4.78 is 11.5. The summed E-state index contributed by atoms with van der Waals surface area (Å²) in [7, 11) is 3.76. The number of likely N-dealkylation sites (tertiary alicyclic amines) is 1. The molecule has 1 aliphatic carbocycles. The largest absolute Gasteiger partial charge is 0.497 e. The third-order valence-electron chi connectivity index (χ3n) is 6.88. The summed E-state index contributed by atoms with van der Waals surface area (Å²) in [5.74, 6) is 1.41. The minimum absolute atomic E-state index is 0.0777. The van der Waals surface area contributed by atoms with E-state index in [9.17, 15) is 4.79 Å². The second kappa shape index (κ2) is 8.10. The standard InChI is InChI=1S/C26H29N3O3/c1-17-6-7-19(32-16-18-8-12-29(18)2)13-22(17)25(30)28-26(9-10-26)23-14-20(31-3)15-24-21(23)5-4-11-27-24/h4-7,11,13-15,18H,8-10,12,16H2,1-3H3,(H,28,30)/t18-/m0/s1. The predicted octanol–water partition coefficient (Wildman–Crippen LogP) is 4.05. The number of nitrogens with one attached hydrogen (secondary N) is 1. The number of likely N-dealkylation sites (N-methyl/N-ethyl adjacent to an activating group) is 1. The van der Waals surface area contributed by atoms with Gasteiger partial charge < -0.3 is 14.8 Å². The molecule has 1 saturated carbocycles. The van der Waals surface area contributed by atoms with Gasteiger partial charge in [-0.3, -0.25) is 14.7 Å². The van der Waals surface area contributed by atoms with Crippen molar-refractivity contribution in [1.29, 1.82) is 0 Å². The first-order chi connectivity index (χ1) is 15.5. The fraction of sp³-hybridized carbons (Fsp3) is 0.385. The Balaban J connectivity index is 1.39. The van der Waals surface area contributed by atoms with E-state index in [1.54, 1.807) is 13.3 Å². The molecule has 2 aliphatic rings. The van der Waals surface area contributed by atoms with Crippen molar-refractivity contribution in [3.63, 3.8) is 0 Å². The first-order valence-electron chi connectivity index (χ1n) is 11.2. The van der Waals surface area contributed by atoms with E-state index in [1.807, 2.05) is 43.3 Å². The molecule has 1 aliphatic heterocycles. The average molecular weight is 432 g/mol. The summed E-state index contributed by atoms with van der Waals surface area (Å²) in [5.41, 5.74) is 3.12. The number of methoxy groups -OCH3 is 1. The minimum atomic E-state index is -0.398. The van der Waals surface area contributed by atoms with Gasteiger partial charge in [-0.25, -0.2) is 0 Å². The highest BCUT2D eigenvalue weighted by Crippen LogP contribution is 2.49. The summed E-state index contributed by atoms with van der Waals surface area (Å²) in [6.45, 7) is 3.72. The van der Waals surface area contributed by atoms with Crippen LogP contribution in [0.3, 0.4) is 0 Å². The van der Waals surface area contributed by atoms with Gasteiger partial charge in [0.05, 0.1) is 18.2 Å². The Hall–Kier alpha value is -3.12. The maximum Gasteiger partial charge on any atom is 0.252 e. The highest BCUT2D eigenvalue weighted by Gasteiger charge is 2.47. The molecular formula is C26H29N3O3. The van der Waals surface area contributed by atoms with E-state index in [4.69, 9.17) is 9.47 Å². The van der Waals surface area contributed by atoms with Crippen molar-refractivity contribution in [1.82, 2.24) is 15.2 Å². The molecule has 2 heterocycles. The molecule has 0 spiro atoms. The Bertz CT molecular complexity index is 1170. The van der Waals surface area contributed by atoms with Gasteiger partial charge in [-0.1, -0.05) is 12.1 Å². The van der Waals surface area contributed by atoms with Crippen LogP contribution in [0.25, 0.3) is 10.9 Å². The van der Waals surface area contributed by atoms with Crippen LogP contribution >= 0.6 is 0 Å². The summed E-state index contributed by atoms with van der Waals surface area (Å²) in [5, 5.41) is 4.37. The predicted molar refractivity (Wildman–Crippen MR) is 124 cm³/mol. The Morgan fingerprint density at radius 1 is 1.22 bits per heavy atom. The summed E-state index contributed by atoms with van der Waals surface area (Å²) in [4.78, 5) is 20.2. The number of carbonyl (C=O) groups is 1. The molecule has 2 fully saturated rings. The van der Waals surface area contributed by atoms with Gasteiger partial charge in [-0.2, -0.15) is 0 Å². The topological polar surface area (TPSA) is 63.7 Å². The van der Waals surface area contributed by atoms with E-state index >= 15 is 0 Å². The number of hydrogen-bond acceptors (Lipinski definition) is 5. The molecule has 1 atom stereocenters. The van der Waals surface area contributed by atoms with Gasteiger partial charge >= 0.3 is 0 Å². The highest BCUT2D eigenvalue weighted by molar-refractivity contribution is 5.97. The SMILES string of the molecule is COc1cc(C2(NC(=O)c3cc(OC[C@@H]4CCN4C)ccc3C)CC2)c2cccnc2c1. The normalized spacial score (nSPS) is 19.3. The van der Waals surface area contributed by atoms with E-state index in [0.29, 0.717) is 18.2 Å². The Labute approximate surface area is 188 Å². The lowest BCUT2D eigenvalue weighted by molar-refractivity contribution is 0.0767. The van der Waals surface area contributed by atoms with E-state index in [-0.39, 0.29) is 5.91 Å². The smallest absolute Gasteiger partial charge is 0.252 e. The molecule has 3 aromatic rings.